The Balaban J connectivity index is 1.72. The molecule has 0 spiro atoms. The van der Waals surface area contributed by atoms with Gasteiger partial charge in [-0.15, -0.1) is 0 Å². The molecule has 2 saturated carbocycles. The Hall–Kier alpha value is -2.09. The Labute approximate surface area is 149 Å². The summed E-state index contributed by atoms with van der Waals surface area (Å²) in [6, 6.07) is 3.33. The van der Waals surface area contributed by atoms with Gasteiger partial charge in [-0.1, -0.05) is 0 Å². The van der Waals surface area contributed by atoms with E-state index in [1.807, 2.05) is 24.6 Å². The molecule has 2 fully saturated rings. The van der Waals surface area contributed by atoms with Crippen molar-refractivity contribution >= 4 is 5.82 Å². The number of nitrogens with two attached hydrogens (primary N) is 2. The second-order valence-corrected chi connectivity index (χ2v) is 7.73. The molecular formula is C18H22F3N5. The highest BCUT2D eigenvalue weighted by Gasteiger charge is 2.57. The van der Waals surface area contributed by atoms with Crippen LogP contribution < -0.4 is 11.5 Å². The molecule has 26 heavy (non-hydrogen) atoms. The standard InChI is InChI=1S/C18H22F3N5/c1-8(2)26-15(16-11-4-10(22)5-12(11)16)6-14(25-26)9-3-13(18(19,20)21)17(23)24-7-9/h3,6-8,10-12,16H,4-5,22H2,1-2H3,(H2,23,24)/t10-,11+,12-,16-. The molecule has 0 unspecified atom stereocenters. The van der Waals surface area contributed by atoms with Gasteiger partial charge in [-0.25, -0.2) is 4.98 Å². The fraction of sp³-hybridized carbons (Fsp3) is 0.556. The van der Waals surface area contributed by atoms with E-state index in [1.54, 1.807) is 0 Å². The van der Waals surface area contributed by atoms with Crippen molar-refractivity contribution in [1.82, 2.24) is 14.8 Å². The monoisotopic (exact) mass is 365 g/mol. The molecule has 4 atom stereocenters. The van der Waals surface area contributed by atoms with Crippen molar-refractivity contribution in [2.24, 2.45) is 17.6 Å². The fourth-order valence-corrected chi connectivity index (χ4v) is 4.38. The molecule has 4 N–H and O–H groups in total. The summed E-state index contributed by atoms with van der Waals surface area (Å²) >= 11 is 0. The topological polar surface area (TPSA) is 82.8 Å². The third-order valence-corrected chi connectivity index (χ3v) is 5.60. The molecule has 5 nitrogen and oxygen atoms in total. The summed E-state index contributed by atoms with van der Waals surface area (Å²) in [5.41, 5.74) is 12.4. The van der Waals surface area contributed by atoms with Gasteiger partial charge in [-0.05, 0) is 50.7 Å². The maximum absolute atomic E-state index is 13.1. The summed E-state index contributed by atoms with van der Waals surface area (Å²) in [6.45, 7) is 4.04. The van der Waals surface area contributed by atoms with Crippen LogP contribution in [0.5, 0.6) is 0 Å². The van der Waals surface area contributed by atoms with E-state index < -0.39 is 17.6 Å². The first kappa shape index (κ1) is 17.3. The number of alkyl halides is 3. The first-order valence-electron chi connectivity index (χ1n) is 8.85. The molecule has 0 aliphatic heterocycles. The number of anilines is 1. The quantitative estimate of drug-likeness (QED) is 0.871. The zero-order chi connectivity index (χ0) is 18.8. The maximum atomic E-state index is 13.1. The van der Waals surface area contributed by atoms with Crippen molar-refractivity contribution in [2.75, 3.05) is 5.73 Å². The number of pyridine rings is 1. The largest absolute Gasteiger partial charge is 0.419 e. The predicted octanol–water partition coefficient (Wildman–Crippen LogP) is 3.58. The van der Waals surface area contributed by atoms with Gasteiger partial charge in [-0.2, -0.15) is 18.3 Å². The van der Waals surface area contributed by atoms with Crippen molar-refractivity contribution in [1.29, 1.82) is 0 Å². The van der Waals surface area contributed by atoms with Crippen LogP contribution in [0.25, 0.3) is 11.3 Å². The highest BCUT2D eigenvalue weighted by molar-refractivity contribution is 5.63. The lowest BCUT2D eigenvalue weighted by Gasteiger charge is -2.13. The smallest absolute Gasteiger partial charge is 0.383 e. The van der Waals surface area contributed by atoms with Crippen molar-refractivity contribution in [3.8, 4) is 11.3 Å². The number of aromatic nitrogens is 3. The van der Waals surface area contributed by atoms with Gasteiger partial charge >= 0.3 is 6.18 Å². The number of nitrogen functional groups attached to an aromatic ring is 1. The Morgan fingerprint density at radius 3 is 2.42 bits per heavy atom. The zero-order valence-electron chi connectivity index (χ0n) is 14.7. The molecule has 0 radical (unpaired) electrons. The third kappa shape index (κ3) is 2.76. The number of hydrogen-bond donors (Lipinski definition) is 2. The molecule has 2 aliphatic carbocycles. The van der Waals surface area contributed by atoms with Crippen molar-refractivity contribution in [3.63, 3.8) is 0 Å². The second-order valence-electron chi connectivity index (χ2n) is 7.73. The summed E-state index contributed by atoms with van der Waals surface area (Å²) < 4.78 is 41.3. The SMILES string of the molecule is CC(C)n1nc(-c2cnc(N)c(C(F)(F)F)c2)cc1[C@H]1[C@@H]2C[C@H](N)C[C@@H]21. The molecular weight excluding hydrogens is 343 g/mol. The predicted molar refractivity (Wildman–Crippen MR) is 92.2 cm³/mol. The lowest BCUT2D eigenvalue weighted by atomic mass is 10.0. The van der Waals surface area contributed by atoms with Crippen LogP contribution in [0.4, 0.5) is 19.0 Å². The molecule has 0 amide bonds. The highest BCUT2D eigenvalue weighted by Crippen LogP contribution is 2.63. The first-order chi connectivity index (χ1) is 12.2. The lowest BCUT2D eigenvalue weighted by molar-refractivity contribution is -0.137. The third-order valence-electron chi connectivity index (χ3n) is 5.60. The van der Waals surface area contributed by atoms with Gasteiger partial charge in [-0.3, -0.25) is 4.68 Å². The molecule has 0 aromatic carbocycles. The summed E-state index contributed by atoms with van der Waals surface area (Å²) in [7, 11) is 0. The van der Waals surface area contributed by atoms with Crippen LogP contribution in [-0.2, 0) is 6.18 Å². The number of nitrogens with zero attached hydrogens (tertiary/aromatic N) is 3. The highest BCUT2D eigenvalue weighted by atomic mass is 19.4. The van der Waals surface area contributed by atoms with Crippen LogP contribution in [0, 0.1) is 11.8 Å². The van der Waals surface area contributed by atoms with Gasteiger partial charge in [0.1, 0.15) is 5.82 Å². The van der Waals surface area contributed by atoms with E-state index in [9.17, 15) is 13.2 Å². The van der Waals surface area contributed by atoms with Gasteiger partial charge in [0.2, 0.25) is 0 Å². The molecule has 4 rings (SSSR count). The minimum Gasteiger partial charge on any atom is -0.383 e. The van der Waals surface area contributed by atoms with Crippen LogP contribution in [-0.4, -0.2) is 20.8 Å². The van der Waals surface area contributed by atoms with Crippen LogP contribution in [0.3, 0.4) is 0 Å². The van der Waals surface area contributed by atoms with Crippen molar-refractivity contribution < 1.29 is 13.2 Å². The van der Waals surface area contributed by atoms with Gasteiger partial charge in [0.15, 0.2) is 0 Å². The number of halogens is 3. The normalized spacial score (nSPS) is 27.8. The Morgan fingerprint density at radius 2 is 1.85 bits per heavy atom. The fourth-order valence-electron chi connectivity index (χ4n) is 4.38. The van der Waals surface area contributed by atoms with E-state index in [2.05, 4.69) is 10.1 Å². The van der Waals surface area contributed by atoms with Gasteiger partial charge < -0.3 is 11.5 Å². The summed E-state index contributed by atoms with van der Waals surface area (Å²) in [6.07, 6.45) is -1.17. The summed E-state index contributed by atoms with van der Waals surface area (Å²) in [5, 5.41) is 4.58. The lowest BCUT2D eigenvalue weighted by Crippen LogP contribution is -2.18. The first-order valence-corrected chi connectivity index (χ1v) is 8.85. The molecule has 8 heteroatoms. The minimum absolute atomic E-state index is 0.123. The van der Waals surface area contributed by atoms with E-state index in [-0.39, 0.29) is 12.1 Å². The molecule has 2 aliphatic rings. The van der Waals surface area contributed by atoms with Crippen LogP contribution in [0.15, 0.2) is 18.3 Å². The van der Waals surface area contributed by atoms with E-state index in [0.717, 1.165) is 24.6 Å². The zero-order valence-corrected chi connectivity index (χ0v) is 14.7. The average molecular weight is 365 g/mol. The Kier molecular flexibility index (Phi) is 3.80. The van der Waals surface area contributed by atoms with E-state index >= 15 is 0 Å². The molecule has 2 aromatic rings. The molecule has 2 aromatic heterocycles. The Morgan fingerprint density at radius 1 is 1.19 bits per heavy atom. The number of rotatable bonds is 3. The maximum Gasteiger partial charge on any atom is 0.419 e. The van der Waals surface area contributed by atoms with E-state index in [0.29, 0.717) is 29.0 Å². The van der Waals surface area contributed by atoms with Crippen molar-refractivity contribution in [2.45, 2.75) is 50.9 Å². The van der Waals surface area contributed by atoms with E-state index in [1.165, 1.54) is 6.20 Å². The molecule has 0 bridgehead atoms. The molecule has 2 heterocycles. The second kappa shape index (κ2) is 5.70. The number of fused-ring (bicyclic) bond motifs is 1. The van der Waals surface area contributed by atoms with Crippen LogP contribution in [0.2, 0.25) is 0 Å². The van der Waals surface area contributed by atoms with Crippen molar-refractivity contribution in [3.05, 3.63) is 29.6 Å². The molecule has 140 valence electrons. The van der Waals surface area contributed by atoms with Gasteiger partial charge in [0, 0.05) is 35.5 Å². The minimum atomic E-state index is -4.54. The summed E-state index contributed by atoms with van der Waals surface area (Å²) in [5.74, 6) is 1.03. The van der Waals surface area contributed by atoms with Crippen LogP contribution >= 0.6 is 0 Å². The molecule has 0 saturated heterocycles. The van der Waals surface area contributed by atoms with Gasteiger partial charge in [0.05, 0.1) is 11.3 Å². The number of hydrogen-bond acceptors (Lipinski definition) is 4. The summed E-state index contributed by atoms with van der Waals surface area (Å²) in [4.78, 5) is 3.73. The van der Waals surface area contributed by atoms with Gasteiger partial charge in [0.25, 0.3) is 0 Å². The van der Waals surface area contributed by atoms with Crippen LogP contribution in [0.1, 0.15) is 49.9 Å². The average Bonchev–Trinajstić information content (AvgIpc) is 2.91. The Bertz CT molecular complexity index is 830. The van der Waals surface area contributed by atoms with E-state index in [4.69, 9.17) is 11.5 Å².